The molecule has 0 unspecified atom stereocenters. The molecule has 3 rings (SSSR count). The molecule has 0 aliphatic rings. The molecule has 0 amide bonds. The van der Waals surface area contributed by atoms with E-state index in [0.29, 0.717) is 5.78 Å². The van der Waals surface area contributed by atoms with Gasteiger partial charge in [0.1, 0.15) is 0 Å². The number of rotatable bonds is 1. The molecule has 10 nitrogen and oxygen atoms in total. The lowest BCUT2D eigenvalue weighted by molar-refractivity contribution is 0.367. The SMILES string of the molecule is COc1nc2nnc(N)n2c2nc(N)nn12. The molecule has 3 heterocycles. The third-order valence-electron chi connectivity index (χ3n) is 2.04. The molecule has 0 saturated carbocycles. The molecule has 3 aromatic heterocycles. The maximum Gasteiger partial charge on any atom is 0.324 e. The number of ether oxygens (including phenoxy) is 1. The monoisotopic (exact) mass is 221 g/mol. The van der Waals surface area contributed by atoms with E-state index < -0.39 is 0 Å². The van der Waals surface area contributed by atoms with Crippen molar-refractivity contribution in [3.63, 3.8) is 0 Å². The van der Waals surface area contributed by atoms with E-state index in [0.717, 1.165) is 0 Å². The molecule has 3 aromatic rings. The standard InChI is InChI=1S/C6H7N9O/c1-16-6-10-4-12-11-3(8)14(4)5-9-2(7)13-15(5)6/h1H3,(H2,7,13)(H2,8,11). The van der Waals surface area contributed by atoms with E-state index in [9.17, 15) is 0 Å². The highest BCUT2D eigenvalue weighted by molar-refractivity contribution is 5.50. The minimum absolute atomic E-state index is 0.0840. The zero-order chi connectivity index (χ0) is 11.3. The van der Waals surface area contributed by atoms with Gasteiger partial charge in [-0.15, -0.1) is 19.8 Å². The highest BCUT2D eigenvalue weighted by Crippen LogP contribution is 2.15. The predicted molar refractivity (Wildman–Crippen MR) is 52.7 cm³/mol. The lowest BCUT2D eigenvalue weighted by Gasteiger charge is -2.01. The van der Waals surface area contributed by atoms with Gasteiger partial charge in [-0.25, -0.2) is 4.40 Å². The lowest BCUT2D eigenvalue weighted by atomic mass is 10.8. The summed E-state index contributed by atoms with van der Waals surface area (Å²) in [6, 6.07) is 0.208. The topological polar surface area (TPSA) is 135 Å². The number of methoxy groups -OCH3 is 1. The summed E-state index contributed by atoms with van der Waals surface area (Å²) in [6.45, 7) is 0. The second kappa shape index (κ2) is 2.68. The number of nitrogens with zero attached hydrogens (tertiary/aromatic N) is 7. The zero-order valence-corrected chi connectivity index (χ0v) is 8.19. The Balaban J connectivity index is 2.59. The molecule has 4 N–H and O–H groups in total. The van der Waals surface area contributed by atoms with Gasteiger partial charge in [0.05, 0.1) is 7.11 Å². The van der Waals surface area contributed by atoms with Crippen LogP contribution >= 0.6 is 0 Å². The van der Waals surface area contributed by atoms with Crippen LogP contribution in [0.4, 0.5) is 11.9 Å². The summed E-state index contributed by atoms with van der Waals surface area (Å²) in [7, 11) is 1.45. The molecule has 0 aliphatic heterocycles. The highest BCUT2D eigenvalue weighted by Gasteiger charge is 2.15. The van der Waals surface area contributed by atoms with Crippen LogP contribution in [0.1, 0.15) is 0 Å². The first-order valence-corrected chi connectivity index (χ1v) is 4.27. The van der Waals surface area contributed by atoms with E-state index in [1.165, 1.54) is 16.0 Å². The number of fused-ring (bicyclic) bond motifs is 3. The van der Waals surface area contributed by atoms with Crippen molar-refractivity contribution in [2.45, 2.75) is 0 Å². The molecule has 0 saturated heterocycles. The first-order chi connectivity index (χ1) is 7.70. The predicted octanol–water partition coefficient (Wildman–Crippen LogP) is -1.66. The second-order valence-electron chi connectivity index (χ2n) is 2.97. The van der Waals surface area contributed by atoms with Crippen LogP contribution in [0.15, 0.2) is 0 Å². The van der Waals surface area contributed by atoms with E-state index >= 15 is 0 Å². The summed E-state index contributed by atoms with van der Waals surface area (Å²) in [4.78, 5) is 8.04. The van der Waals surface area contributed by atoms with Gasteiger partial charge in [0.15, 0.2) is 0 Å². The van der Waals surface area contributed by atoms with Gasteiger partial charge < -0.3 is 16.2 Å². The Hall–Kier alpha value is -2.65. The second-order valence-corrected chi connectivity index (χ2v) is 2.97. The number of hydrogen-bond acceptors (Lipinski definition) is 8. The van der Waals surface area contributed by atoms with E-state index in [2.05, 4.69) is 25.3 Å². The summed E-state index contributed by atoms with van der Waals surface area (Å²) in [5.74, 6) is 0.861. The molecule has 0 aromatic carbocycles. The van der Waals surface area contributed by atoms with Gasteiger partial charge in [0.25, 0.3) is 5.78 Å². The van der Waals surface area contributed by atoms with Crippen molar-refractivity contribution in [3.8, 4) is 6.01 Å². The van der Waals surface area contributed by atoms with Crippen LogP contribution in [0.5, 0.6) is 6.01 Å². The Kier molecular flexibility index (Phi) is 1.45. The van der Waals surface area contributed by atoms with Gasteiger partial charge >= 0.3 is 6.01 Å². The van der Waals surface area contributed by atoms with Crippen LogP contribution in [0, 0.1) is 0 Å². The van der Waals surface area contributed by atoms with Crippen LogP contribution in [-0.4, -0.2) is 41.3 Å². The Morgan fingerprint density at radius 3 is 2.75 bits per heavy atom. The quantitative estimate of drug-likeness (QED) is 0.498. The molecule has 10 heteroatoms. The number of anilines is 2. The molecular formula is C6H7N9O. The fraction of sp³-hybridized carbons (Fsp3) is 0.167. The van der Waals surface area contributed by atoms with Gasteiger partial charge in [0, 0.05) is 0 Å². The Morgan fingerprint density at radius 1 is 1.19 bits per heavy atom. The summed E-state index contributed by atoms with van der Waals surface area (Å²) in [5, 5.41) is 11.4. The van der Waals surface area contributed by atoms with Gasteiger partial charge in [-0.2, -0.15) is 9.97 Å². The normalized spacial score (nSPS) is 11.3. The number of aromatic nitrogens is 7. The van der Waals surface area contributed by atoms with Crippen molar-refractivity contribution in [2.75, 3.05) is 18.6 Å². The van der Waals surface area contributed by atoms with Gasteiger partial charge in [-0.05, 0) is 0 Å². The average Bonchev–Trinajstić information content (AvgIpc) is 2.80. The molecule has 0 radical (unpaired) electrons. The maximum atomic E-state index is 5.63. The van der Waals surface area contributed by atoms with Crippen LogP contribution in [-0.2, 0) is 0 Å². The van der Waals surface area contributed by atoms with E-state index in [1.54, 1.807) is 0 Å². The Bertz CT molecular complexity index is 682. The largest absolute Gasteiger partial charge is 0.467 e. The number of nitrogens with two attached hydrogens (primary N) is 2. The van der Waals surface area contributed by atoms with Gasteiger partial charge in [0.2, 0.25) is 17.7 Å². The molecule has 82 valence electrons. The fourth-order valence-electron chi connectivity index (χ4n) is 1.41. The van der Waals surface area contributed by atoms with Crippen LogP contribution in [0.25, 0.3) is 11.6 Å². The number of nitrogen functional groups attached to an aromatic ring is 2. The average molecular weight is 221 g/mol. The first-order valence-electron chi connectivity index (χ1n) is 4.27. The molecule has 0 fully saturated rings. The Morgan fingerprint density at radius 2 is 2.00 bits per heavy atom. The first kappa shape index (κ1) is 8.64. The van der Waals surface area contributed by atoms with Crippen molar-refractivity contribution in [3.05, 3.63) is 0 Å². The third kappa shape index (κ3) is 0.920. The summed E-state index contributed by atoms with van der Waals surface area (Å²) in [5.41, 5.74) is 11.1. The number of hydrogen-bond donors (Lipinski definition) is 2. The highest BCUT2D eigenvalue weighted by atomic mass is 16.5. The van der Waals surface area contributed by atoms with Crippen molar-refractivity contribution in [1.82, 2.24) is 34.2 Å². The van der Waals surface area contributed by atoms with Crippen molar-refractivity contribution >= 4 is 23.5 Å². The van der Waals surface area contributed by atoms with E-state index in [1.807, 2.05) is 0 Å². The molecular weight excluding hydrogens is 214 g/mol. The Labute approximate surface area is 87.9 Å². The van der Waals surface area contributed by atoms with Crippen LogP contribution in [0.3, 0.4) is 0 Å². The van der Waals surface area contributed by atoms with Crippen LogP contribution in [0.2, 0.25) is 0 Å². The molecule has 0 bridgehead atoms. The molecule has 16 heavy (non-hydrogen) atoms. The van der Waals surface area contributed by atoms with Crippen molar-refractivity contribution in [1.29, 1.82) is 0 Å². The minimum atomic E-state index is 0.0840. The summed E-state index contributed by atoms with van der Waals surface area (Å²) >= 11 is 0. The smallest absolute Gasteiger partial charge is 0.324 e. The zero-order valence-electron chi connectivity index (χ0n) is 8.19. The van der Waals surface area contributed by atoms with E-state index in [-0.39, 0.29) is 23.7 Å². The third-order valence-corrected chi connectivity index (χ3v) is 2.04. The van der Waals surface area contributed by atoms with Crippen LogP contribution < -0.4 is 16.2 Å². The fourth-order valence-corrected chi connectivity index (χ4v) is 1.41. The van der Waals surface area contributed by atoms with Gasteiger partial charge in [-0.3, -0.25) is 0 Å². The summed E-state index contributed by atoms with van der Waals surface area (Å²) in [6.07, 6.45) is 0. The molecule has 0 spiro atoms. The summed E-state index contributed by atoms with van der Waals surface area (Å²) < 4.78 is 7.77. The maximum absolute atomic E-state index is 5.63. The van der Waals surface area contributed by atoms with Crippen molar-refractivity contribution < 1.29 is 4.74 Å². The van der Waals surface area contributed by atoms with Gasteiger partial charge in [-0.1, -0.05) is 0 Å². The lowest BCUT2D eigenvalue weighted by Crippen LogP contribution is -2.06. The minimum Gasteiger partial charge on any atom is -0.467 e. The van der Waals surface area contributed by atoms with E-state index in [4.69, 9.17) is 16.2 Å². The molecule has 0 aliphatic carbocycles. The molecule has 0 atom stereocenters. The van der Waals surface area contributed by atoms with Crippen molar-refractivity contribution in [2.24, 2.45) is 0 Å².